The Morgan fingerprint density at radius 1 is 1.34 bits per heavy atom. The first kappa shape index (κ1) is 19.7. The van der Waals surface area contributed by atoms with Crippen molar-refractivity contribution in [3.63, 3.8) is 0 Å². The molecule has 1 aromatic carbocycles. The molecule has 4 rings (SSSR count). The molecule has 1 aliphatic heterocycles. The molecule has 0 N–H and O–H groups in total. The van der Waals surface area contributed by atoms with Gasteiger partial charge in [0.15, 0.2) is 9.84 Å². The molecular formula is C19H18ClN3O5S. The van der Waals surface area contributed by atoms with Gasteiger partial charge in [-0.3, -0.25) is 14.2 Å². The van der Waals surface area contributed by atoms with Crippen molar-refractivity contribution in [3.05, 3.63) is 64.1 Å². The maximum atomic E-state index is 13.1. The molecule has 2 aromatic heterocycles. The fraction of sp³-hybridized carbons (Fsp3) is 0.316. The Hall–Kier alpha value is -2.65. The molecule has 0 radical (unpaired) electrons. The lowest BCUT2D eigenvalue weighted by atomic mass is 10.2. The average Bonchev–Trinajstić information content (AvgIpc) is 3.31. The first-order valence-corrected chi connectivity index (χ1v) is 11.2. The van der Waals surface area contributed by atoms with Crippen molar-refractivity contribution in [2.75, 3.05) is 11.5 Å². The predicted molar refractivity (Wildman–Crippen MR) is 107 cm³/mol. The highest BCUT2D eigenvalue weighted by atomic mass is 35.5. The summed E-state index contributed by atoms with van der Waals surface area (Å²) in [6, 6.07) is 7.74. The van der Waals surface area contributed by atoms with Crippen LogP contribution in [0.1, 0.15) is 12.2 Å². The van der Waals surface area contributed by atoms with Gasteiger partial charge < -0.3 is 9.32 Å². The molecule has 0 bridgehead atoms. The van der Waals surface area contributed by atoms with E-state index in [9.17, 15) is 18.0 Å². The SMILES string of the molecule is O=C(Cn1cnc2ccc(Cl)cc2c1=O)N(Cc1ccco1)[C@@H]1CCS(=O)(=O)C1. The van der Waals surface area contributed by atoms with Crippen LogP contribution >= 0.6 is 11.6 Å². The highest BCUT2D eigenvalue weighted by molar-refractivity contribution is 7.91. The summed E-state index contributed by atoms with van der Waals surface area (Å²) in [6.45, 7) is -0.126. The number of carbonyl (C=O) groups excluding carboxylic acids is 1. The molecule has 29 heavy (non-hydrogen) atoms. The van der Waals surface area contributed by atoms with Crippen molar-refractivity contribution in [2.24, 2.45) is 0 Å². The lowest BCUT2D eigenvalue weighted by Gasteiger charge is -2.27. The van der Waals surface area contributed by atoms with E-state index in [2.05, 4.69) is 4.98 Å². The zero-order valence-electron chi connectivity index (χ0n) is 15.3. The van der Waals surface area contributed by atoms with E-state index in [-0.39, 0.29) is 36.1 Å². The molecule has 1 saturated heterocycles. The molecule has 10 heteroatoms. The summed E-state index contributed by atoms with van der Waals surface area (Å²) >= 11 is 5.97. The Morgan fingerprint density at radius 3 is 2.86 bits per heavy atom. The van der Waals surface area contributed by atoms with Crippen LogP contribution in [0, 0.1) is 0 Å². The van der Waals surface area contributed by atoms with E-state index in [1.54, 1.807) is 24.3 Å². The zero-order valence-corrected chi connectivity index (χ0v) is 16.9. The molecule has 152 valence electrons. The summed E-state index contributed by atoms with van der Waals surface area (Å²) < 4.78 is 30.4. The Bertz CT molecular complexity index is 1220. The third-order valence-electron chi connectivity index (χ3n) is 4.97. The zero-order chi connectivity index (χ0) is 20.6. The van der Waals surface area contributed by atoms with Crippen molar-refractivity contribution in [3.8, 4) is 0 Å². The second-order valence-corrected chi connectivity index (χ2v) is 9.66. The minimum Gasteiger partial charge on any atom is -0.467 e. The Labute approximate surface area is 171 Å². The second-order valence-electron chi connectivity index (χ2n) is 7.00. The molecule has 1 amide bonds. The van der Waals surface area contributed by atoms with E-state index in [0.29, 0.717) is 28.1 Å². The summed E-state index contributed by atoms with van der Waals surface area (Å²) in [5.41, 5.74) is 0.0975. The van der Waals surface area contributed by atoms with E-state index in [1.165, 1.54) is 28.1 Å². The smallest absolute Gasteiger partial charge is 0.261 e. The van der Waals surface area contributed by atoms with Gasteiger partial charge in [0.1, 0.15) is 12.3 Å². The van der Waals surface area contributed by atoms with Crippen LogP contribution in [0.15, 0.2) is 52.1 Å². The van der Waals surface area contributed by atoms with Gasteiger partial charge in [-0.25, -0.2) is 13.4 Å². The molecule has 0 spiro atoms. The molecule has 8 nitrogen and oxygen atoms in total. The quantitative estimate of drug-likeness (QED) is 0.606. The van der Waals surface area contributed by atoms with Crippen LogP contribution in [0.3, 0.4) is 0 Å². The topological polar surface area (TPSA) is 102 Å². The van der Waals surface area contributed by atoms with Crippen LogP contribution in [0.2, 0.25) is 5.02 Å². The van der Waals surface area contributed by atoms with Crippen LogP contribution < -0.4 is 5.56 Å². The number of nitrogens with zero attached hydrogens (tertiary/aromatic N) is 3. The normalized spacial score (nSPS) is 18.2. The number of furan rings is 1. The highest BCUT2D eigenvalue weighted by Gasteiger charge is 2.35. The van der Waals surface area contributed by atoms with Gasteiger partial charge in [-0.1, -0.05) is 11.6 Å². The fourth-order valence-electron chi connectivity index (χ4n) is 3.49. The van der Waals surface area contributed by atoms with Gasteiger partial charge >= 0.3 is 0 Å². The van der Waals surface area contributed by atoms with Gasteiger partial charge in [-0.05, 0) is 36.8 Å². The van der Waals surface area contributed by atoms with E-state index >= 15 is 0 Å². The minimum absolute atomic E-state index is 0.0373. The van der Waals surface area contributed by atoms with Crippen LogP contribution in [-0.4, -0.2) is 46.3 Å². The summed E-state index contributed by atoms with van der Waals surface area (Å²) in [5, 5.41) is 0.713. The molecule has 3 aromatic rings. The van der Waals surface area contributed by atoms with Gasteiger partial charge in [0, 0.05) is 11.1 Å². The first-order valence-electron chi connectivity index (χ1n) is 8.99. The molecule has 1 aliphatic rings. The maximum Gasteiger partial charge on any atom is 0.261 e. The Morgan fingerprint density at radius 2 is 2.17 bits per heavy atom. The van der Waals surface area contributed by atoms with Crippen LogP contribution in [0.5, 0.6) is 0 Å². The average molecular weight is 436 g/mol. The van der Waals surface area contributed by atoms with E-state index in [1.807, 2.05) is 0 Å². The number of halogens is 1. The number of hydrogen-bond donors (Lipinski definition) is 0. The lowest BCUT2D eigenvalue weighted by molar-refractivity contribution is -0.134. The molecule has 1 fully saturated rings. The summed E-state index contributed by atoms with van der Waals surface area (Å²) in [6.07, 6.45) is 3.16. The van der Waals surface area contributed by atoms with E-state index in [0.717, 1.165) is 0 Å². The number of benzene rings is 1. The van der Waals surface area contributed by atoms with E-state index < -0.39 is 15.9 Å². The summed E-state index contributed by atoms with van der Waals surface area (Å²) in [7, 11) is -3.19. The summed E-state index contributed by atoms with van der Waals surface area (Å²) in [4.78, 5) is 31.5. The molecule has 0 unspecified atom stereocenters. The van der Waals surface area contributed by atoms with Gasteiger partial charge in [-0.2, -0.15) is 0 Å². The lowest BCUT2D eigenvalue weighted by Crippen LogP contribution is -2.43. The molecule has 0 aliphatic carbocycles. The third kappa shape index (κ3) is 4.20. The Balaban J connectivity index is 1.63. The van der Waals surface area contributed by atoms with Gasteiger partial charge in [0.05, 0.1) is 41.5 Å². The number of carbonyl (C=O) groups is 1. The van der Waals surface area contributed by atoms with Crippen LogP contribution in [0.4, 0.5) is 0 Å². The number of aromatic nitrogens is 2. The number of sulfone groups is 1. The monoisotopic (exact) mass is 435 g/mol. The van der Waals surface area contributed by atoms with Crippen molar-refractivity contribution in [2.45, 2.75) is 25.6 Å². The van der Waals surface area contributed by atoms with Gasteiger partial charge in [0.2, 0.25) is 5.91 Å². The molecular weight excluding hydrogens is 418 g/mol. The van der Waals surface area contributed by atoms with Crippen molar-refractivity contribution >= 4 is 38.2 Å². The van der Waals surface area contributed by atoms with E-state index in [4.69, 9.17) is 16.0 Å². The predicted octanol–water partition coefficient (Wildman–Crippen LogP) is 1.86. The second kappa shape index (κ2) is 7.64. The largest absolute Gasteiger partial charge is 0.467 e. The van der Waals surface area contributed by atoms with Crippen molar-refractivity contribution in [1.82, 2.24) is 14.5 Å². The number of amides is 1. The fourth-order valence-corrected chi connectivity index (χ4v) is 5.40. The maximum absolute atomic E-state index is 13.1. The van der Waals surface area contributed by atoms with Crippen LogP contribution in [0.25, 0.3) is 10.9 Å². The van der Waals surface area contributed by atoms with Gasteiger partial charge in [0.25, 0.3) is 5.56 Å². The summed E-state index contributed by atoms with van der Waals surface area (Å²) in [5.74, 6) is 0.0994. The van der Waals surface area contributed by atoms with Crippen molar-refractivity contribution < 1.29 is 17.6 Å². The van der Waals surface area contributed by atoms with Crippen LogP contribution in [-0.2, 0) is 27.7 Å². The Kier molecular flexibility index (Phi) is 5.18. The van der Waals surface area contributed by atoms with Gasteiger partial charge in [-0.15, -0.1) is 0 Å². The molecule has 1 atom stereocenters. The number of hydrogen-bond acceptors (Lipinski definition) is 6. The highest BCUT2D eigenvalue weighted by Crippen LogP contribution is 2.21. The first-order chi connectivity index (χ1) is 13.8. The standard InChI is InChI=1S/C19H18ClN3O5S/c20-13-3-4-17-16(8-13)19(25)22(12-21-17)10-18(24)23(9-15-2-1-6-28-15)14-5-7-29(26,27)11-14/h1-4,6,8,12,14H,5,7,9-11H2/t14-/m1/s1. The number of fused-ring (bicyclic) bond motifs is 1. The molecule has 3 heterocycles. The van der Waals surface area contributed by atoms with Crippen molar-refractivity contribution in [1.29, 1.82) is 0 Å². The molecule has 0 saturated carbocycles. The number of rotatable bonds is 5. The minimum atomic E-state index is -3.19. The third-order valence-corrected chi connectivity index (χ3v) is 6.95.